The highest BCUT2D eigenvalue weighted by Gasteiger charge is 2.08. The number of esters is 1. The lowest BCUT2D eigenvalue weighted by molar-refractivity contribution is -0.142. The number of rotatable bonds is 6. The molecule has 0 atom stereocenters. The van der Waals surface area contributed by atoms with E-state index in [0.717, 1.165) is 15.6 Å². The summed E-state index contributed by atoms with van der Waals surface area (Å²) in [5, 5.41) is 2.77. The van der Waals surface area contributed by atoms with E-state index in [9.17, 15) is 9.18 Å². The highest BCUT2D eigenvalue weighted by Crippen LogP contribution is 2.25. The molecule has 0 aliphatic heterocycles. The molecule has 106 valence electrons. The summed E-state index contributed by atoms with van der Waals surface area (Å²) in [4.78, 5) is 16.6. The lowest BCUT2D eigenvalue weighted by Gasteiger charge is -1.99. The molecular formula is C14H14FNO2S2. The second-order valence-electron chi connectivity index (χ2n) is 3.96. The lowest BCUT2D eigenvalue weighted by atomic mass is 10.3. The number of thiazole rings is 1. The monoisotopic (exact) mass is 311 g/mol. The molecule has 2 rings (SSSR count). The van der Waals surface area contributed by atoms with Crippen molar-refractivity contribution in [2.24, 2.45) is 0 Å². The SMILES string of the molecule is CCOC(=O)Cc1csc(CSc2cccc(F)c2)n1. The van der Waals surface area contributed by atoms with Crippen LogP contribution < -0.4 is 0 Å². The molecule has 0 unspecified atom stereocenters. The van der Waals surface area contributed by atoms with Crippen molar-refractivity contribution in [1.29, 1.82) is 0 Å². The first-order valence-corrected chi connectivity index (χ1v) is 8.01. The normalized spacial score (nSPS) is 10.5. The summed E-state index contributed by atoms with van der Waals surface area (Å²) >= 11 is 3.02. The fourth-order valence-electron chi connectivity index (χ4n) is 1.56. The van der Waals surface area contributed by atoms with E-state index < -0.39 is 0 Å². The van der Waals surface area contributed by atoms with Gasteiger partial charge >= 0.3 is 5.97 Å². The van der Waals surface area contributed by atoms with Gasteiger partial charge in [0.25, 0.3) is 0 Å². The van der Waals surface area contributed by atoms with Gasteiger partial charge in [0.15, 0.2) is 0 Å². The summed E-state index contributed by atoms with van der Waals surface area (Å²) in [5.41, 5.74) is 0.725. The van der Waals surface area contributed by atoms with Gasteiger partial charge in [-0.3, -0.25) is 4.79 Å². The molecule has 3 nitrogen and oxygen atoms in total. The van der Waals surface area contributed by atoms with E-state index in [-0.39, 0.29) is 18.2 Å². The predicted octanol–water partition coefficient (Wildman–Crippen LogP) is 3.68. The Balaban J connectivity index is 1.88. The Morgan fingerprint density at radius 1 is 1.50 bits per heavy atom. The molecule has 1 aromatic carbocycles. The van der Waals surface area contributed by atoms with E-state index in [1.165, 1.54) is 35.2 Å². The molecular weight excluding hydrogens is 297 g/mol. The van der Waals surface area contributed by atoms with Crippen LogP contribution >= 0.6 is 23.1 Å². The number of ether oxygens (including phenoxy) is 1. The zero-order valence-electron chi connectivity index (χ0n) is 11.0. The van der Waals surface area contributed by atoms with E-state index >= 15 is 0 Å². The van der Waals surface area contributed by atoms with Crippen molar-refractivity contribution >= 4 is 29.1 Å². The number of halogens is 1. The minimum absolute atomic E-state index is 0.203. The molecule has 0 saturated heterocycles. The standard InChI is InChI=1S/C14H14FNO2S2/c1-2-18-14(17)7-11-8-20-13(16-11)9-19-12-5-3-4-10(15)6-12/h3-6,8H,2,7,9H2,1H3. The van der Waals surface area contributed by atoms with E-state index in [2.05, 4.69) is 4.98 Å². The van der Waals surface area contributed by atoms with E-state index in [0.29, 0.717) is 12.4 Å². The molecule has 6 heteroatoms. The third-order valence-electron chi connectivity index (χ3n) is 2.39. The minimum atomic E-state index is -0.262. The smallest absolute Gasteiger partial charge is 0.311 e. The van der Waals surface area contributed by atoms with Gasteiger partial charge in [0.2, 0.25) is 0 Å². The van der Waals surface area contributed by atoms with Gasteiger partial charge in [0, 0.05) is 10.3 Å². The van der Waals surface area contributed by atoms with Crippen molar-refractivity contribution in [1.82, 2.24) is 4.98 Å². The number of hydrogen-bond donors (Lipinski definition) is 0. The zero-order valence-corrected chi connectivity index (χ0v) is 12.6. The summed E-state index contributed by atoms with van der Waals surface area (Å²) < 4.78 is 17.9. The molecule has 0 saturated carbocycles. The average Bonchev–Trinajstić information content (AvgIpc) is 2.84. The Kier molecular flexibility index (Phi) is 5.55. The first kappa shape index (κ1) is 15.0. The largest absolute Gasteiger partial charge is 0.466 e. The Hall–Kier alpha value is -1.40. The molecule has 1 aromatic heterocycles. The van der Waals surface area contributed by atoms with Crippen LogP contribution in [0.4, 0.5) is 4.39 Å². The number of benzene rings is 1. The first-order valence-electron chi connectivity index (χ1n) is 6.14. The quantitative estimate of drug-likeness (QED) is 0.602. The van der Waals surface area contributed by atoms with Gasteiger partial charge < -0.3 is 4.74 Å². The van der Waals surface area contributed by atoms with E-state index in [1.54, 1.807) is 13.0 Å². The third kappa shape index (κ3) is 4.61. The molecule has 20 heavy (non-hydrogen) atoms. The van der Waals surface area contributed by atoms with Crippen molar-refractivity contribution in [3.8, 4) is 0 Å². The van der Waals surface area contributed by atoms with Crippen LogP contribution in [-0.2, 0) is 21.7 Å². The highest BCUT2D eigenvalue weighted by atomic mass is 32.2. The number of carbonyl (C=O) groups excluding carboxylic acids is 1. The van der Waals surface area contributed by atoms with Crippen LogP contribution in [0.25, 0.3) is 0 Å². The number of nitrogens with zero attached hydrogens (tertiary/aromatic N) is 1. The van der Waals surface area contributed by atoms with Gasteiger partial charge in [-0.15, -0.1) is 23.1 Å². The summed E-state index contributed by atoms with van der Waals surface area (Å²) in [7, 11) is 0. The number of thioether (sulfide) groups is 1. The molecule has 1 heterocycles. The Morgan fingerprint density at radius 3 is 3.10 bits per heavy atom. The highest BCUT2D eigenvalue weighted by molar-refractivity contribution is 7.98. The van der Waals surface area contributed by atoms with Crippen molar-refractivity contribution in [3.63, 3.8) is 0 Å². The molecule has 0 aliphatic rings. The van der Waals surface area contributed by atoms with Crippen LogP contribution in [0, 0.1) is 5.82 Å². The predicted molar refractivity (Wildman–Crippen MR) is 78.4 cm³/mol. The first-order chi connectivity index (χ1) is 9.67. The molecule has 0 bridgehead atoms. The molecule has 0 amide bonds. The van der Waals surface area contributed by atoms with Gasteiger partial charge in [0.05, 0.1) is 24.5 Å². The number of carbonyl (C=O) groups is 1. The molecule has 0 spiro atoms. The molecule has 0 N–H and O–H groups in total. The van der Waals surface area contributed by atoms with Gasteiger partial charge in [-0.1, -0.05) is 6.07 Å². The number of hydrogen-bond acceptors (Lipinski definition) is 5. The maximum atomic E-state index is 13.0. The van der Waals surface area contributed by atoms with Crippen molar-refractivity contribution in [2.45, 2.75) is 24.0 Å². The summed E-state index contributed by atoms with van der Waals surface area (Å²) in [6.45, 7) is 2.16. The molecule has 2 aromatic rings. The third-order valence-corrected chi connectivity index (χ3v) is 4.47. The topological polar surface area (TPSA) is 39.2 Å². The van der Waals surface area contributed by atoms with Crippen molar-refractivity contribution < 1.29 is 13.9 Å². The Morgan fingerprint density at radius 2 is 2.35 bits per heavy atom. The molecule has 0 aliphatic carbocycles. The van der Waals surface area contributed by atoms with E-state index in [1.807, 2.05) is 11.4 Å². The maximum absolute atomic E-state index is 13.0. The summed E-state index contributed by atoms with van der Waals surface area (Å²) in [5.74, 6) is 0.163. The second-order valence-corrected chi connectivity index (χ2v) is 5.95. The maximum Gasteiger partial charge on any atom is 0.311 e. The molecule has 0 radical (unpaired) electrons. The Bertz CT molecular complexity index is 586. The van der Waals surface area contributed by atoms with Crippen LogP contribution in [0.2, 0.25) is 0 Å². The fraction of sp³-hybridized carbons (Fsp3) is 0.286. The van der Waals surface area contributed by atoms with Crippen molar-refractivity contribution in [3.05, 3.63) is 46.2 Å². The van der Waals surface area contributed by atoms with Crippen LogP contribution in [0.15, 0.2) is 34.5 Å². The van der Waals surface area contributed by atoms with Crippen LogP contribution in [0.5, 0.6) is 0 Å². The fourth-order valence-corrected chi connectivity index (χ4v) is 3.31. The number of aromatic nitrogens is 1. The van der Waals surface area contributed by atoms with Gasteiger partial charge in [-0.2, -0.15) is 0 Å². The summed E-state index contributed by atoms with van der Waals surface area (Å²) in [6, 6.07) is 6.47. The van der Waals surface area contributed by atoms with Crippen LogP contribution in [0.1, 0.15) is 17.6 Å². The minimum Gasteiger partial charge on any atom is -0.466 e. The Labute approximate surface area is 125 Å². The zero-order chi connectivity index (χ0) is 14.4. The van der Waals surface area contributed by atoms with E-state index in [4.69, 9.17) is 4.74 Å². The van der Waals surface area contributed by atoms with Gasteiger partial charge in [-0.25, -0.2) is 9.37 Å². The van der Waals surface area contributed by atoms with Crippen LogP contribution in [0.3, 0.4) is 0 Å². The van der Waals surface area contributed by atoms with Crippen LogP contribution in [-0.4, -0.2) is 17.6 Å². The average molecular weight is 311 g/mol. The molecule has 0 fully saturated rings. The lowest BCUT2D eigenvalue weighted by Crippen LogP contribution is -2.07. The van der Waals surface area contributed by atoms with Gasteiger partial charge in [0.1, 0.15) is 10.8 Å². The van der Waals surface area contributed by atoms with Gasteiger partial charge in [-0.05, 0) is 25.1 Å². The second kappa shape index (κ2) is 7.40. The summed E-state index contributed by atoms with van der Waals surface area (Å²) in [6.07, 6.45) is 0.203. The van der Waals surface area contributed by atoms with Crippen molar-refractivity contribution in [2.75, 3.05) is 6.61 Å².